The topological polar surface area (TPSA) is 39.2 Å². The molecule has 2 N–H and O–H groups in total. The Morgan fingerprint density at radius 2 is 2.00 bits per heavy atom. The number of furan rings is 1. The van der Waals surface area contributed by atoms with Gasteiger partial charge in [0.15, 0.2) is 0 Å². The molecule has 4 heteroatoms. The van der Waals surface area contributed by atoms with Crippen LogP contribution in [0.25, 0.3) is 11.3 Å². The highest BCUT2D eigenvalue weighted by atomic mass is 35.5. The van der Waals surface area contributed by atoms with Gasteiger partial charge in [0, 0.05) is 10.6 Å². The van der Waals surface area contributed by atoms with Crippen LogP contribution in [-0.2, 0) is 0 Å². The molecular weight excluding hydrogens is 221 g/mol. The summed E-state index contributed by atoms with van der Waals surface area (Å²) in [5, 5.41) is 0.972. The third kappa shape index (κ3) is 1.59. The SMILES string of the molecule is Nc1c(Cl)cc(Cl)cc1-c1ccco1. The van der Waals surface area contributed by atoms with E-state index in [1.165, 1.54) is 0 Å². The molecule has 1 aromatic heterocycles. The van der Waals surface area contributed by atoms with E-state index in [-0.39, 0.29) is 0 Å². The van der Waals surface area contributed by atoms with E-state index in [4.69, 9.17) is 33.4 Å². The van der Waals surface area contributed by atoms with Crippen molar-refractivity contribution in [1.29, 1.82) is 0 Å². The lowest BCUT2D eigenvalue weighted by Gasteiger charge is -2.05. The number of benzene rings is 1. The third-order valence-electron chi connectivity index (χ3n) is 1.88. The number of nitrogens with two attached hydrogens (primary N) is 1. The Morgan fingerprint density at radius 3 is 2.64 bits per heavy atom. The van der Waals surface area contributed by atoms with Crippen LogP contribution in [0.1, 0.15) is 0 Å². The molecule has 1 aromatic carbocycles. The molecule has 72 valence electrons. The predicted octanol–water partition coefficient (Wildman–Crippen LogP) is 3.84. The fraction of sp³-hybridized carbons (Fsp3) is 0. The van der Waals surface area contributed by atoms with E-state index >= 15 is 0 Å². The summed E-state index contributed by atoms with van der Waals surface area (Å²) < 4.78 is 5.21. The molecule has 2 aromatic rings. The van der Waals surface area contributed by atoms with Gasteiger partial charge in [-0.15, -0.1) is 0 Å². The van der Waals surface area contributed by atoms with Crippen LogP contribution in [0.3, 0.4) is 0 Å². The van der Waals surface area contributed by atoms with Gasteiger partial charge in [-0.25, -0.2) is 0 Å². The lowest BCUT2D eigenvalue weighted by molar-refractivity contribution is 0.582. The molecule has 2 rings (SSSR count). The van der Waals surface area contributed by atoms with E-state index in [0.29, 0.717) is 27.1 Å². The highest BCUT2D eigenvalue weighted by Gasteiger charge is 2.09. The van der Waals surface area contributed by atoms with Crippen molar-refractivity contribution in [2.45, 2.75) is 0 Å². The lowest BCUT2D eigenvalue weighted by atomic mass is 10.1. The molecule has 0 fully saturated rings. The van der Waals surface area contributed by atoms with Crippen molar-refractivity contribution >= 4 is 28.9 Å². The number of rotatable bonds is 1. The second-order valence-corrected chi connectivity index (χ2v) is 3.67. The van der Waals surface area contributed by atoms with Crippen LogP contribution < -0.4 is 5.73 Å². The quantitative estimate of drug-likeness (QED) is 0.753. The van der Waals surface area contributed by atoms with Gasteiger partial charge in [-0.3, -0.25) is 0 Å². The van der Waals surface area contributed by atoms with Gasteiger partial charge in [0.05, 0.1) is 17.0 Å². The molecule has 14 heavy (non-hydrogen) atoms. The first kappa shape index (κ1) is 9.44. The molecule has 0 aliphatic heterocycles. The molecule has 1 heterocycles. The molecule has 0 bridgehead atoms. The van der Waals surface area contributed by atoms with Crippen LogP contribution in [0, 0.1) is 0 Å². The maximum Gasteiger partial charge on any atom is 0.136 e. The summed E-state index contributed by atoms with van der Waals surface area (Å²) in [4.78, 5) is 0. The van der Waals surface area contributed by atoms with E-state index in [1.807, 2.05) is 0 Å². The molecular formula is C10H7Cl2NO. The van der Waals surface area contributed by atoms with Gasteiger partial charge in [-0.1, -0.05) is 23.2 Å². The molecule has 0 aliphatic rings. The van der Waals surface area contributed by atoms with Crippen molar-refractivity contribution in [3.63, 3.8) is 0 Å². The van der Waals surface area contributed by atoms with Gasteiger partial charge in [0.25, 0.3) is 0 Å². The van der Waals surface area contributed by atoms with Crippen LogP contribution in [-0.4, -0.2) is 0 Å². The van der Waals surface area contributed by atoms with Gasteiger partial charge < -0.3 is 10.2 Å². The smallest absolute Gasteiger partial charge is 0.136 e. The van der Waals surface area contributed by atoms with Crippen molar-refractivity contribution in [3.8, 4) is 11.3 Å². The number of anilines is 1. The molecule has 0 amide bonds. The van der Waals surface area contributed by atoms with Gasteiger partial charge in [-0.05, 0) is 24.3 Å². The van der Waals surface area contributed by atoms with Crippen molar-refractivity contribution in [2.24, 2.45) is 0 Å². The van der Waals surface area contributed by atoms with Gasteiger partial charge >= 0.3 is 0 Å². The molecule has 0 atom stereocenters. The Morgan fingerprint density at radius 1 is 1.21 bits per heavy atom. The predicted molar refractivity (Wildman–Crippen MR) is 58.6 cm³/mol. The normalized spacial score (nSPS) is 10.4. The molecule has 0 saturated carbocycles. The van der Waals surface area contributed by atoms with Crippen molar-refractivity contribution < 1.29 is 4.42 Å². The summed E-state index contributed by atoms with van der Waals surface area (Å²) in [6.07, 6.45) is 1.57. The summed E-state index contributed by atoms with van der Waals surface area (Å²) in [6, 6.07) is 6.91. The Balaban J connectivity index is 2.64. The van der Waals surface area contributed by atoms with E-state index in [2.05, 4.69) is 0 Å². The van der Waals surface area contributed by atoms with Gasteiger partial charge in [0.1, 0.15) is 5.76 Å². The van der Waals surface area contributed by atoms with Crippen LogP contribution in [0.15, 0.2) is 34.9 Å². The summed E-state index contributed by atoms with van der Waals surface area (Å²) >= 11 is 11.7. The van der Waals surface area contributed by atoms with Crippen LogP contribution in [0.4, 0.5) is 5.69 Å². The lowest BCUT2D eigenvalue weighted by Crippen LogP contribution is -1.90. The Hall–Kier alpha value is -1.12. The van der Waals surface area contributed by atoms with E-state index in [0.717, 1.165) is 0 Å². The minimum atomic E-state index is 0.434. The zero-order valence-corrected chi connectivity index (χ0v) is 8.64. The standard InChI is InChI=1S/C10H7Cl2NO/c11-6-4-7(9-2-1-3-14-9)10(13)8(12)5-6/h1-5H,13H2. The van der Waals surface area contributed by atoms with E-state index in [9.17, 15) is 0 Å². The number of nitrogen functional groups attached to an aromatic ring is 1. The summed E-state index contributed by atoms with van der Waals surface area (Å²) in [7, 11) is 0. The Kier molecular flexibility index (Phi) is 2.40. The first-order valence-electron chi connectivity index (χ1n) is 3.97. The zero-order chi connectivity index (χ0) is 10.1. The van der Waals surface area contributed by atoms with Crippen LogP contribution in [0.2, 0.25) is 10.0 Å². The summed E-state index contributed by atoms with van der Waals surface area (Å²) in [6.45, 7) is 0. The molecule has 2 nitrogen and oxygen atoms in total. The Bertz CT molecular complexity index is 451. The second kappa shape index (κ2) is 3.56. The van der Waals surface area contributed by atoms with Crippen molar-refractivity contribution in [3.05, 3.63) is 40.6 Å². The van der Waals surface area contributed by atoms with E-state index in [1.54, 1.807) is 30.5 Å². The van der Waals surface area contributed by atoms with Gasteiger partial charge in [-0.2, -0.15) is 0 Å². The van der Waals surface area contributed by atoms with Crippen molar-refractivity contribution in [2.75, 3.05) is 5.73 Å². The fourth-order valence-electron chi connectivity index (χ4n) is 1.22. The largest absolute Gasteiger partial charge is 0.464 e. The minimum absolute atomic E-state index is 0.434. The number of hydrogen-bond acceptors (Lipinski definition) is 2. The molecule has 0 unspecified atom stereocenters. The third-order valence-corrected chi connectivity index (χ3v) is 2.41. The minimum Gasteiger partial charge on any atom is -0.464 e. The number of halogens is 2. The second-order valence-electron chi connectivity index (χ2n) is 2.83. The van der Waals surface area contributed by atoms with Crippen molar-refractivity contribution in [1.82, 2.24) is 0 Å². The monoisotopic (exact) mass is 227 g/mol. The molecule has 0 saturated heterocycles. The maximum atomic E-state index is 5.88. The van der Waals surface area contributed by atoms with Crippen LogP contribution >= 0.6 is 23.2 Å². The maximum absolute atomic E-state index is 5.88. The fourth-order valence-corrected chi connectivity index (χ4v) is 1.71. The first-order chi connectivity index (χ1) is 6.68. The zero-order valence-electron chi connectivity index (χ0n) is 7.13. The highest BCUT2D eigenvalue weighted by Crippen LogP contribution is 2.34. The number of hydrogen-bond donors (Lipinski definition) is 1. The molecule has 0 radical (unpaired) electrons. The average Bonchev–Trinajstić information content (AvgIpc) is 2.63. The first-order valence-corrected chi connectivity index (χ1v) is 4.72. The van der Waals surface area contributed by atoms with Crippen LogP contribution in [0.5, 0.6) is 0 Å². The summed E-state index contributed by atoms with van der Waals surface area (Å²) in [5.74, 6) is 0.659. The molecule has 0 spiro atoms. The Labute approximate surface area is 91.2 Å². The summed E-state index contributed by atoms with van der Waals surface area (Å²) in [5.41, 5.74) is 6.99. The van der Waals surface area contributed by atoms with Gasteiger partial charge in [0.2, 0.25) is 0 Å². The van der Waals surface area contributed by atoms with E-state index < -0.39 is 0 Å². The highest BCUT2D eigenvalue weighted by molar-refractivity contribution is 6.37. The molecule has 0 aliphatic carbocycles. The average molecular weight is 228 g/mol.